The van der Waals surface area contributed by atoms with E-state index in [4.69, 9.17) is 14.6 Å². The Kier molecular flexibility index (Phi) is 7.42. The molecule has 4 rings (SSSR count). The van der Waals surface area contributed by atoms with Crippen LogP contribution in [0, 0.1) is 0 Å². The zero-order chi connectivity index (χ0) is 22.7. The topological polar surface area (TPSA) is 120 Å². The van der Waals surface area contributed by atoms with Crippen molar-refractivity contribution >= 4 is 21.4 Å². The lowest BCUT2D eigenvalue weighted by atomic mass is 9.90. The van der Waals surface area contributed by atoms with Gasteiger partial charge in [0.2, 0.25) is 0 Å². The molecule has 0 aliphatic carbocycles. The smallest absolute Gasteiger partial charge is 0.125 e. The van der Waals surface area contributed by atoms with Crippen LogP contribution in [0.3, 0.4) is 0 Å². The first kappa shape index (κ1) is 23.1. The Bertz CT molecular complexity index is 1000. The van der Waals surface area contributed by atoms with Crippen LogP contribution in [-0.2, 0) is 11.2 Å². The summed E-state index contributed by atoms with van der Waals surface area (Å²) < 4.78 is 12.8. The number of hydrogen-bond donors (Lipinski definition) is 5. The van der Waals surface area contributed by atoms with Gasteiger partial charge in [0.15, 0.2) is 0 Å². The van der Waals surface area contributed by atoms with E-state index < -0.39 is 37.1 Å². The van der Waals surface area contributed by atoms with Gasteiger partial charge in [0.25, 0.3) is 0 Å². The van der Waals surface area contributed by atoms with Crippen LogP contribution in [0.1, 0.15) is 28.5 Å². The minimum atomic E-state index is -1.47. The molecule has 5 atom stereocenters. The van der Waals surface area contributed by atoms with Crippen LogP contribution in [0.25, 0.3) is 10.1 Å². The fourth-order valence-corrected chi connectivity index (χ4v) is 5.09. The highest BCUT2D eigenvalue weighted by Crippen LogP contribution is 2.38. The summed E-state index contributed by atoms with van der Waals surface area (Å²) in [6.45, 7) is -0.236. The summed E-state index contributed by atoms with van der Waals surface area (Å²) in [6.07, 6.45) is -5.17. The van der Waals surface area contributed by atoms with Gasteiger partial charge in [-0.3, -0.25) is 0 Å². The summed E-state index contributed by atoms with van der Waals surface area (Å²) in [5, 5.41) is 50.8. The molecule has 1 saturated heterocycles. The molecule has 0 radical (unpaired) electrons. The number of aliphatic hydroxyl groups is 5. The Balaban J connectivity index is 1.65. The molecule has 1 fully saturated rings. The van der Waals surface area contributed by atoms with Crippen molar-refractivity contribution in [2.24, 2.45) is 0 Å². The quantitative estimate of drug-likeness (QED) is 0.325. The Hall–Kier alpha value is -2.04. The summed E-state index contributed by atoms with van der Waals surface area (Å²) in [7, 11) is 0. The van der Waals surface area contributed by atoms with E-state index in [9.17, 15) is 20.4 Å². The molecule has 7 nitrogen and oxygen atoms in total. The minimum absolute atomic E-state index is 0.0145. The van der Waals surface area contributed by atoms with E-state index in [1.165, 1.54) is 15.0 Å². The van der Waals surface area contributed by atoms with Crippen molar-refractivity contribution in [3.63, 3.8) is 0 Å². The van der Waals surface area contributed by atoms with E-state index >= 15 is 0 Å². The molecule has 0 bridgehead atoms. The van der Waals surface area contributed by atoms with E-state index in [2.05, 4.69) is 18.2 Å². The van der Waals surface area contributed by atoms with Crippen molar-refractivity contribution in [3.05, 3.63) is 64.5 Å². The van der Waals surface area contributed by atoms with Gasteiger partial charge in [0, 0.05) is 34.6 Å². The van der Waals surface area contributed by atoms with Gasteiger partial charge in [0.1, 0.15) is 36.3 Å². The summed E-state index contributed by atoms with van der Waals surface area (Å²) in [5.41, 5.74) is 1.50. The first-order chi connectivity index (χ1) is 15.5. The highest BCUT2D eigenvalue weighted by Gasteiger charge is 2.44. The van der Waals surface area contributed by atoms with Gasteiger partial charge in [-0.05, 0) is 35.2 Å². The number of aliphatic hydroxyl groups excluding tert-OH is 5. The number of fused-ring (bicyclic) bond motifs is 1. The molecule has 2 aromatic carbocycles. The summed E-state index contributed by atoms with van der Waals surface area (Å²) in [4.78, 5) is 1.18. The summed E-state index contributed by atoms with van der Waals surface area (Å²) >= 11 is 1.71. The molecule has 0 amide bonds. The highest BCUT2D eigenvalue weighted by molar-refractivity contribution is 7.19. The highest BCUT2D eigenvalue weighted by atomic mass is 32.1. The number of benzene rings is 2. The van der Waals surface area contributed by atoms with Crippen molar-refractivity contribution in [2.75, 3.05) is 19.8 Å². The maximum absolute atomic E-state index is 10.6. The van der Waals surface area contributed by atoms with E-state index in [-0.39, 0.29) is 13.2 Å². The number of rotatable bonds is 8. The van der Waals surface area contributed by atoms with Crippen LogP contribution in [-0.4, -0.2) is 69.8 Å². The standard InChI is InChI=1S/C24H28O7S/c25-8-3-9-30-18-7-6-14(10-16-12-15-4-1-2-5-20(15)32-16)11-17(18)24-23(29)22(28)21(27)19(13-26)31-24/h1-2,4-7,11-12,19,21-29H,3,8-10,13H2/t19?,21-,22+,23-,24+/m1/s1. The fourth-order valence-electron chi connectivity index (χ4n) is 3.99. The third-order valence-corrected chi connectivity index (χ3v) is 6.80. The molecule has 1 aliphatic heterocycles. The average molecular weight is 461 g/mol. The molecule has 3 aromatic rings. The van der Waals surface area contributed by atoms with Crippen molar-refractivity contribution in [1.82, 2.24) is 0 Å². The van der Waals surface area contributed by atoms with Gasteiger partial charge in [0.05, 0.1) is 13.2 Å². The Labute approximate surface area is 190 Å². The predicted octanol–water partition coefficient (Wildman–Crippen LogP) is 1.77. The second-order valence-electron chi connectivity index (χ2n) is 7.97. The first-order valence-corrected chi connectivity index (χ1v) is 11.5. The Morgan fingerprint density at radius 2 is 1.75 bits per heavy atom. The van der Waals surface area contributed by atoms with Gasteiger partial charge < -0.3 is 35.0 Å². The third-order valence-electron chi connectivity index (χ3n) is 5.69. The molecule has 0 spiro atoms. The molecule has 1 aromatic heterocycles. The van der Waals surface area contributed by atoms with Gasteiger partial charge in [-0.2, -0.15) is 0 Å². The Morgan fingerprint density at radius 3 is 2.50 bits per heavy atom. The van der Waals surface area contributed by atoms with Crippen LogP contribution in [0.15, 0.2) is 48.5 Å². The van der Waals surface area contributed by atoms with E-state index in [1.54, 1.807) is 17.4 Å². The van der Waals surface area contributed by atoms with Crippen LogP contribution in [0.2, 0.25) is 0 Å². The van der Waals surface area contributed by atoms with Crippen molar-refractivity contribution in [3.8, 4) is 5.75 Å². The molecular weight excluding hydrogens is 432 g/mol. The third kappa shape index (κ3) is 4.82. The van der Waals surface area contributed by atoms with Gasteiger partial charge in [-0.15, -0.1) is 11.3 Å². The second-order valence-corrected chi connectivity index (χ2v) is 9.14. The van der Waals surface area contributed by atoms with Crippen molar-refractivity contribution < 1.29 is 35.0 Å². The second kappa shape index (κ2) is 10.3. The van der Waals surface area contributed by atoms with Gasteiger partial charge in [-0.25, -0.2) is 0 Å². The molecule has 2 heterocycles. The maximum atomic E-state index is 10.6. The molecule has 5 N–H and O–H groups in total. The predicted molar refractivity (Wildman–Crippen MR) is 121 cm³/mol. The van der Waals surface area contributed by atoms with Crippen LogP contribution in [0.4, 0.5) is 0 Å². The van der Waals surface area contributed by atoms with E-state index in [0.717, 1.165) is 5.56 Å². The molecule has 1 aliphatic rings. The summed E-state index contributed by atoms with van der Waals surface area (Å²) in [6, 6.07) is 15.9. The van der Waals surface area contributed by atoms with Crippen LogP contribution < -0.4 is 4.74 Å². The lowest BCUT2D eigenvalue weighted by Gasteiger charge is -2.40. The van der Waals surface area contributed by atoms with Crippen molar-refractivity contribution in [1.29, 1.82) is 0 Å². The van der Waals surface area contributed by atoms with Gasteiger partial charge >= 0.3 is 0 Å². The molecule has 0 saturated carbocycles. The minimum Gasteiger partial charge on any atom is -0.493 e. The molecule has 8 heteroatoms. The zero-order valence-electron chi connectivity index (χ0n) is 17.5. The van der Waals surface area contributed by atoms with Gasteiger partial charge in [-0.1, -0.05) is 24.3 Å². The summed E-state index contributed by atoms with van der Waals surface area (Å²) in [5.74, 6) is 0.461. The van der Waals surface area contributed by atoms with Crippen LogP contribution >= 0.6 is 11.3 Å². The fraction of sp³-hybridized carbons (Fsp3) is 0.417. The number of ether oxygens (including phenoxy) is 2. The number of thiophene rings is 1. The monoisotopic (exact) mass is 460 g/mol. The molecule has 32 heavy (non-hydrogen) atoms. The normalized spacial score (nSPS) is 25.8. The molecular formula is C24H28O7S. The largest absolute Gasteiger partial charge is 0.493 e. The lowest BCUT2D eigenvalue weighted by Crippen LogP contribution is -2.55. The molecule has 1 unspecified atom stereocenters. The number of hydrogen-bond acceptors (Lipinski definition) is 8. The zero-order valence-corrected chi connectivity index (χ0v) is 18.3. The van der Waals surface area contributed by atoms with E-state index in [1.807, 2.05) is 24.3 Å². The maximum Gasteiger partial charge on any atom is 0.125 e. The lowest BCUT2D eigenvalue weighted by molar-refractivity contribution is -0.232. The SMILES string of the molecule is OCCCOc1ccc(Cc2cc3ccccc3s2)cc1[C@@H]1OC(CO)[C@@H](O)[C@H](O)[C@H]1O. The van der Waals surface area contributed by atoms with Crippen molar-refractivity contribution in [2.45, 2.75) is 43.4 Å². The Morgan fingerprint density at radius 1 is 0.938 bits per heavy atom. The van der Waals surface area contributed by atoms with Crippen LogP contribution in [0.5, 0.6) is 5.75 Å². The average Bonchev–Trinajstić information content (AvgIpc) is 3.21. The molecule has 172 valence electrons. The first-order valence-electron chi connectivity index (χ1n) is 10.7. The van der Waals surface area contributed by atoms with E-state index in [0.29, 0.717) is 24.2 Å².